The van der Waals surface area contributed by atoms with Gasteiger partial charge in [0, 0.05) is 16.9 Å². The van der Waals surface area contributed by atoms with Crippen LogP contribution in [0.5, 0.6) is 0 Å². The average Bonchev–Trinajstić information content (AvgIpc) is 2.57. The van der Waals surface area contributed by atoms with Crippen LogP contribution >= 0.6 is 11.6 Å². The summed E-state index contributed by atoms with van der Waals surface area (Å²) in [5.74, 6) is -0.813. The van der Waals surface area contributed by atoms with Gasteiger partial charge in [0.15, 0.2) is 0 Å². The van der Waals surface area contributed by atoms with Gasteiger partial charge >= 0.3 is 0 Å². The summed E-state index contributed by atoms with van der Waals surface area (Å²) in [6.45, 7) is 0. The minimum absolute atomic E-state index is 0.0884. The molecule has 0 bridgehead atoms. The molecule has 0 unspecified atom stereocenters. The zero-order valence-corrected chi connectivity index (χ0v) is 13.1. The fraction of sp³-hybridized carbons (Fsp3) is 0. The summed E-state index contributed by atoms with van der Waals surface area (Å²) in [7, 11) is 0. The fourth-order valence-electron chi connectivity index (χ4n) is 1.99. The number of halogens is 2. The third kappa shape index (κ3) is 3.85. The van der Waals surface area contributed by atoms with E-state index in [2.05, 4.69) is 20.6 Å². The zero-order chi connectivity index (χ0) is 16.9. The number of para-hydroxylation sites is 1. The van der Waals surface area contributed by atoms with E-state index in [1.807, 2.05) is 0 Å². The highest BCUT2D eigenvalue weighted by molar-refractivity contribution is 6.30. The van der Waals surface area contributed by atoms with Crippen molar-refractivity contribution in [3.05, 3.63) is 77.3 Å². The summed E-state index contributed by atoms with van der Waals surface area (Å²) >= 11 is 5.92. The summed E-state index contributed by atoms with van der Waals surface area (Å²) in [4.78, 5) is 20.4. The van der Waals surface area contributed by atoms with Gasteiger partial charge in [-0.1, -0.05) is 29.8 Å². The molecule has 2 N–H and O–H groups in total. The van der Waals surface area contributed by atoms with Gasteiger partial charge in [0.2, 0.25) is 5.95 Å². The first-order valence-corrected chi connectivity index (χ1v) is 7.41. The van der Waals surface area contributed by atoms with Crippen molar-refractivity contribution >= 4 is 34.8 Å². The molecule has 1 heterocycles. The number of nitrogens with one attached hydrogen (secondary N) is 2. The number of aromatic nitrogens is 2. The Morgan fingerprint density at radius 3 is 2.71 bits per heavy atom. The minimum atomic E-state index is -0.531. The molecule has 0 atom stereocenters. The first-order valence-electron chi connectivity index (χ1n) is 7.03. The molecular formula is C17H12ClFN4O. The van der Waals surface area contributed by atoms with Crippen LogP contribution in [-0.4, -0.2) is 15.9 Å². The second kappa shape index (κ2) is 7.06. The number of nitrogens with zero attached hydrogens (tertiary/aromatic N) is 2. The Bertz CT molecular complexity index is 888. The molecular weight excluding hydrogens is 331 g/mol. The van der Waals surface area contributed by atoms with Gasteiger partial charge in [-0.2, -0.15) is 0 Å². The first-order chi connectivity index (χ1) is 11.6. The van der Waals surface area contributed by atoms with E-state index in [1.165, 1.54) is 24.4 Å². The lowest BCUT2D eigenvalue weighted by atomic mass is 10.3. The second-order valence-electron chi connectivity index (χ2n) is 4.83. The van der Waals surface area contributed by atoms with Crippen LogP contribution < -0.4 is 10.6 Å². The molecule has 24 heavy (non-hydrogen) atoms. The highest BCUT2D eigenvalue weighted by Crippen LogP contribution is 2.18. The molecule has 3 aromatic rings. The normalized spacial score (nSPS) is 10.2. The van der Waals surface area contributed by atoms with Crippen LogP contribution in [0.2, 0.25) is 5.02 Å². The molecule has 1 amide bonds. The van der Waals surface area contributed by atoms with E-state index in [0.717, 1.165) is 0 Å². The topological polar surface area (TPSA) is 66.9 Å². The summed E-state index contributed by atoms with van der Waals surface area (Å²) in [5.41, 5.74) is 0.886. The second-order valence-corrected chi connectivity index (χ2v) is 5.27. The quantitative estimate of drug-likeness (QED) is 0.743. The van der Waals surface area contributed by atoms with E-state index >= 15 is 0 Å². The molecule has 0 aliphatic heterocycles. The molecule has 0 spiro atoms. The van der Waals surface area contributed by atoms with Gasteiger partial charge in [0.05, 0.1) is 5.69 Å². The summed E-state index contributed by atoms with van der Waals surface area (Å²) in [6, 6.07) is 14.4. The average molecular weight is 343 g/mol. The number of hydrogen-bond donors (Lipinski definition) is 2. The molecule has 5 nitrogen and oxygen atoms in total. The predicted octanol–water partition coefficient (Wildman–Crippen LogP) is 4.27. The van der Waals surface area contributed by atoms with E-state index in [1.54, 1.807) is 36.4 Å². The van der Waals surface area contributed by atoms with Crippen molar-refractivity contribution < 1.29 is 9.18 Å². The lowest BCUT2D eigenvalue weighted by Gasteiger charge is -2.08. The molecule has 0 saturated heterocycles. The van der Waals surface area contributed by atoms with Gasteiger partial charge in [-0.3, -0.25) is 4.79 Å². The zero-order valence-electron chi connectivity index (χ0n) is 12.3. The molecule has 0 fully saturated rings. The highest BCUT2D eigenvalue weighted by atomic mass is 35.5. The van der Waals surface area contributed by atoms with Crippen molar-refractivity contribution in [2.75, 3.05) is 10.6 Å². The van der Waals surface area contributed by atoms with Crippen molar-refractivity contribution in [3.63, 3.8) is 0 Å². The molecule has 1 aromatic heterocycles. The maximum Gasteiger partial charge on any atom is 0.274 e. The van der Waals surface area contributed by atoms with Crippen molar-refractivity contribution in [3.8, 4) is 0 Å². The third-order valence-corrected chi connectivity index (χ3v) is 3.33. The summed E-state index contributed by atoms with van der Waals surface area (Å²) in [5, 5.41) is 5.99. The van der Waals surface area contributed by atoms with Crippen molar-refractivity contribution in [2.24, 2.45) is 0 Å². The van der Waals surface area contributed by atoms with Crippen LogP contribution in [0.25, 0.3) is 0 Å². The van der Waals surface area contributed by atoms with Gasteiger partial charge < -0.3 is 10.6 Å². The third-order valence-electron chi connectivity index (χ3n) is 3.09. The molecule has 0 radical (unpaired) electrons. The van der Waals surface area contributed by atoms with Gasteiger partial charge in [0.25, 0.3) is 5.91 Å². The molecule has 0 aliphatic carbocycles. The molecule has 120 valence electrons. The smallest absolute Gasteiger partial charge is 0.274 e. The minimum Gasteiger partial charge on any atom is -0.324 e. The van der Waals surface area contributed by atoms with Crippen LogP contribution in [-0.2, 0) is 0 Å². The SMILES string of the molecule is O=C(Nc1ccccc1F)c1ccnc(Nc2cccc(Cl)c2)n1. The number of amides is 1. The van der Waals surface area contributed by atoms with Crippen LogP contribution in [0.4, 0.5) is 21.7 Å². The highest BCUT2D eigenvalue weighted by Gasteiger charge is 2.11. The van der Waals surface area contributed by atoms with E-state index in [4.69, 9.17) is 11.6 Å². The number of anilines is 3. The van der Waals surface area contributed by atoms with E-state index in [0.29, 0.717) is 10.7 Å². The Morgan fingerprint density at radius 2 is 1.92 bits per heavy atom. The van der Waals surface area contributed by atoms with Crippen LogP contribution in [0.3, 0.4) is 0 Å². The standard InChI is InChI=1S/C17H12ClFN4O/c18-11-4-3-5-12(10-11)21-17-20-9-8-15(23-17)16(24)22-14-7-2-1-6-13(14)19/h1-10H,(H,22,24)(H,20,21,23). The van der Waals surface area contributed by atoms with Crippen LogP contribution in [0, 0.1) is 5.82 Å². The molecule has 2 aromatic carbocycles. The molecule has 3 rings (SSSR count). The Hall–Kier alpha value is -2.99. The fourth-order valence-corrected chi connectivity index (χ4v) is 2.18. The maximum atomic E-state index is 13.6. The summed E-state index contributed by atoms with van der Waals surface area (Å²) < 4.78 is 13.6. The molecule has 0 saturated carbocycles. The Labute approximate surface area is 142 Å². The Kier molecular flexibility index (Phi) is 4.67. The van der Waals surface area contributed by atoms with Gasteiger partial charge in [-0.15, -0.1) is 0 Å². The predicted molar refractivity (Wildman–Crippen MR) is 91.1 cm³/mol. The lowest BCUT2D eigenvalue weighted by Crippen LogP contribution is -2.15. The van der Waals surface area contributed by atoms with Crippen molar-refractivity contribution in [1.82, 2.24) is 9.97 Å². The van der Waals surface area contributed by atoms with E-state index in [9.17, 15) is 9.18 Å². The number of benzene rings is 2. The number of carbonyl (C=O) groups excluding carboxylic acids is 1. The van der Waals surface area contributed by atoms with Crippen molar-refractivity contribution in [2.45, 2.75) is 0 Å². The van der Waals surface area contributed by atoms with E-state index < -0.39 is 11.7 Å². The largest absolute Gasteiger partial charge is 0.324 e. The van der Waals surface area contributed by atoms with Crippen LogP contribution in [0.15, 0.2) is 60.8 Å². The molecule has 7 heteroatoms. The number of carbonyl (C=O) groups is 1. The Balaban J connectivity index is 1.77. The molecule has 0 aliphatic rings. The summed E-state index contributed by atoms with van der Waals surface area (Å²) in [6.07, 6.45) is 1.44. The number of rotatable bonds is 4. The lowest BCUT2D eigenvalue weighted by molar-refractivity contribution is 0.102. The first kappa shape index (κ1) is 15.9. The van der Waals surface area contributed by atoms with Crippen LogP contribution in [0.1, 0.15) is 10.5 Å². The van der Waals surface area contributed by atoms with Gasteiger partial charge in [-0.25, -0.2) is 14.4 Å². The Morgan fingerprint density at radius 1 is 1.08 bits per heavy atom. The maximum absolute atomic E-state index is 13.6. The number of hydrogen-bond acceptors (Lipinski definition) is 4. The van der Waals surface area contributed by atoms with Gasteiger partial charge in [-0.05, 0) is 36.4 Å². The van der Waals surface area contributed by atoms with Gasteiger partial charge in [0.1, 0.15) is 11.5 Å². The monoisotopic (exact) mass is 342 g/mol. The van der Waals surface area contributed by atoms with Crippen molar-refractivity contribution in [1.29, 1.82) is 0 Å². The van der Waals surface area contributed by atoms with E-state index in [-0.39, 0.29) is 17.3 Å².